The minimum Gasteiger partial charge on any atom is -0.464 e. The molecule has 0 spiro atoms. The van der Waals surface area contributed by atoms with Crippen molar-refractivity contribution >= 4 is 36.6 Å². The zero-order chi connectivity index (χ0) is 24.5. The van der Waals surface area contributed by atoms with Crippen molar-refractivity contribution in [2.75, 3.05) is 25.4 Å². The predicted molar refractivity (Wildman–Crippen MR) is 132 cm³/mol. The van der Waals surface area contributed by atoms with Gasteiger partial charge in [-0.3, -0.25) is 0 Å². The quantitative estimate of drug-likeness (QED) is 0.581. The van der Waals surface area contributed by atoms with Crippen LogP contribution in [0.2, 0.25) is 0 Å². The van der Waals surface area contributed by atoms with Crippen molar-refractivity contribution < 1.29 is 14.3 Å². The van der Waals surface area contributed by atoms with Crippen LogP contribution in [0.15, 0.2) is 24.3 Å². The SMILES string of the molecule is [B]c1nc2c(N)nc(OCC)nc2n1Cc1ccc(C2CCN(C(=O)OC(C)(C)C)CC2)cc1. The predicted octanol–water partition coefficient (Wildman–Crippen LogP) is 2.76. The summed E-state index contributed by atoms with van der Waals surface area (Å²) in [5.41, 5.74) is 9.22. The van der Waals surface area contributed by atoms with Crippen molar-refractivity contribution in [3.63, 3.8) is 0 Å². The number of fused-ring (bicyclic) bond motifs is 1. The number of hydrogen-bond acceptors (Lipinski definition) is 7. The van der Waals surface area contributed by atoms with Crippen molar-refractivity contribution in [2.24, 2.45) is 0 Å². The van der Waals surface area contributed by atoms with Gasteiger partial charge in [0, 0.05) is 19.6 Å². The molecule has 1 aliphatic rings. The summed E-state index contributed by atoms with van der Waals surface area (Å²) in [4.78, 5) is 27.0. The number of anilines is 1. The molecular weight excluding hydrogens is 431 g/mol. The molecule has 2 aromatic heterocycles. The lowest BCUT2D eigenvalue weighted by Crippen LogP contribution is -2.41. The van der Waals surface area contributed by atoms with Crippen molar-refractivity contribution in [3.05, 3.63) is 35.4 Å². The van der Waals surface area contributed by atoms with Crippen LogP contribution in [0.5, 0.6) is 6.01 Å². The molecule has 10 heteroatoms. The molecule has 0 atom stereocenters. The van der Waals surface area contributed by atoms with E-state index in [1.165, 1.54) is 5.56 Å². The van der Waals surface area contributed by atoms with Gasteiger partial charge in [0.25, 0.3) is 0 Å². The molecule has 0 saturated carbocycles. The Morgan fingerprint density at radius 1 is 1.15 bits per heavy atom. The second-order valence-corrected chi connectivity index (χ2v) is 9.54. The molecule has 1 aliphatic heterocycles. The summed E-state index contributed by atoms with van der Waals surface area (Å²) < 4.78 is 12.7. The molecule has 1 fully saturated rings. The third-order valence-corrected chi connectivity index (χ3v) is 5.84. The van der Waals surface area contributed by atoms with Crippen LogP contribution >= 0.6 is 0 Å². The Bertz CT molecular complexity index is 1160. The molecule has 9 nitrogen and oxygen atoms in total. The largest absolute Gasteiger partial charge is 0.464 e. The monoisotopic (exact) mass is 462 g/mol. The highest BCUT2D eigenvalue weighted by Gasteiger charge is 2.27. The third-order valence-electron chi connectivity index (χ3n) is 5.84. The summed E-state index contributed by atoms with van der Waals surface area (Å²) in [6.45, 7) is 9.86. The molecular formula is C24H31BN6O3. The van der Waals surface area contributed by atoms with E-state index in [1.54, 1.807) is 4.90 Å². The fraction of sp³-hybridized carbons (Fsp3) is 0.500. The van der Waals surface area contributed by atoms with Gasteiger partial charge in [-0.2, -0.15) is 9.97 Å². The Hall–Kier alpha value is -3.30. The Labute approximate surface area is 201 Å². The molecule has 2 radical (unpaired) electrons. The van der Waals surface area contributed by atoms with Crippen LogP contribution in [-0.2, 0) is 11.3 Å². The number of ether oxygens (including phenoxy) is 2. The second kappa shape index (κ2) is 9.52. The zero-order valence-electron chi connectivity index (χ0n) is 20.2. The summed E-state index contributed by atoms with van der Waals surface area (Å²) in [5, 5.41) is 0. The third kappa shape index (κ3) is 5.26. The Kier molecular flexibility index (Phi) is 6.68. The van der Waals surface area contributed by atoms with E-state index >= 15 is 0 Å². The first-order chi connectivity index (χ1) is 16.1. The van der Waals surface area contributed by atoms with Crippen molar-refractivity contribution in [1.82, 2.24) is 24.4 Å². The minimum atomic E-state index is -0.476. The van der Waals surface area contributed by atoms with E-state index in [0.717, 1.165) is 18.4 Å². The summed E-state index contributed by atoms with van der Waals surface area (Å²) in [7, 11) is 6.16. The van der Waals surface area contributed by atoms with Gasteiger partial charge >= 0.3 is 12.1 Å². The number of amides is 1. The number of nitrogen functional groups attached to an aromatic ring is 1. The number of likely N-dealkylation sites (tertiary alicyclic amines) is 1. The number of aromatic nitrogens is 4. The molecule has 1 aromatic carbocycles. The van der Waals surface area contributed by atoms with Gasteiger partial charge in [0.05, 0.1) is 12.3 Å². The van der Waals surface area contributed by atoms with Gasteiger partial charge in [-0.05, 0) is 57.6 Å². The molecule has 178 valence electrons. The smallest absolute Gasteiger partial charge is 0.410 e. The fourth-order valence-corrected chi connectivity index (χ4v) is 4.17. The van der Waals surface area contributed by atoms with Gasteiger partial charge in [0.1, 0.15) is 11.1 Å². The number of hydrogen-bond donors (Lipinski definition) is 1. The number of imidazole rings is 1. The normalized spacial score (nSPS) is 15.0. The van der Waals surface area contributed by atoms with Gasteiger partial charge in [-0.15, -0.1) is 0 Å². The Morgan fingerprint density at radius 3 is 2.44 bits per heavy atom. The first kappa shape index (κ1) is 23.8. The topological polar surface area (TPSA) is 108 Å². The summed E-state index contributed by atoms with van der Waals surface area (Å²) in [6.07, 6.45) is 1.59. The highest BCUT2D eigenvalue weighted by molar-refractivity contribution is 6.30. The van der Waals surface area contributed by atoms with Crippen molar-refractivity contribution in [1.29, 1.82) is 0 Å². The molecule has 1 saturated heterocycles. The lowest BCUT2D eigenvalue weighted by atomic mass is 9.89. The van der Waals surface area contributed by atoms with Crippen LogP contribution < -0.4 is 16.2 Å². The first-order valence-corrected chi connectivity index (χ1v) is 11.6. The number of carbonyl (C=O) groups excluding carboxylic acids is 1. The highest BCUT2D eigenvalue weighted by atomic mass is 16.6. The zero-order valence-corrected chi connectivity index (χ0v) is 20.2. The number of nitrogens with two attached hydrogens (primary N) is 1. The fourth-order valence-electron chi connectivity index (χ4n) is 4.17. The molecule has 34 heavy (non-hydrogen) atoms. The molecule has 3 aromatic rings. The number of piperidine rings is 1. The standard InChI is InChI=1S/C24H31BN6O3/c1-5-33-22-28-19(26)18-20(29-22)31(21(25)27-18)14-15-6-8-16(9-7-15)17-10-12-30(13-11-17)23(32)34-24(2,3)4/h6-9,17H,5,10-14H2,1-4H3,(H2,26,28,29). The molecule has 0 aliphatic carbocycles. The summed E-state index contributed by atoms with van der Waals surface area (Å²) >= 11 is 0. The van der Waals surface area contributed by atoms with E-state index in [0.29, 0.717) is 49.0 Å². The van der Waals surface area contributed by atoms with E-state index in [4.69, 9.17) is 23.1 Å². The van der Waals surface area contributed by atoms with Crippen LogP contribution in [0.3, 0.4) is 0 Å². The van der Waals surface area contributed by atoms with Crippen LogP contribution in [0, 0.1) is 0 Å². The van der Waals surface area contributed by atoms with Gasteiger partial charge in [0.15, 0.2) is 19.3 Å². The minimum absolute atomic E-state index is 0.210. The lowest BCUT2D eigenvalue weighted by Gasteiger charge is -2.33. The molecule has 2 N–H and O–H groups in total. The van der Waals surface area contributed by atoms with Crippen LogP contribution in [0.4, 0.5) is 10.6 Å². The van der Waals surface area contributed by atoms with Gasteiger partial charge in [-0.1, -0.05) is 24.3 Å². The molecule has 0 bridgehead atoms. The van der Waals surface area contributed by atoms with Gasteiger partial charge in [-0.25, -0.2) is 9.78 Å². The Balaban J connectivity index is 1.44. The van der Waals surface area contributed by atoms with Crippen LogP contribution in [-0.4, -0.2) is 63.7 Å². The van der Waals surface area contributed by atoms with Crippen molar-refractivity contribution in [2.45, 2.75) is 58.6 Å². The number of nitrogens with zero attached hydrogens (tertiary/aromatic N) is 5. The maximum Gasteiger partial charge on any atom is 0.410 e. The molecule has 4 rings (SSSR count). The van der Waals surface area contributed by atoms with Gasteiger partial charge in [0.2, 0.25) is 0 Å². The van der Waals surface area contributed by atoms with E-state index in [9.17, 15) is 4.79 Å². The van der Waals surface area contributed by atoms with Crippen molar-refractivity contribution in [3.8, 4) is 6.01 Å². The van der Waals surface area contributed by atoms with Crippen LogP contribution in [0.1, 0.15) is 57.6 Å². The second-order valence-electron chi connectivity index (χ2n) is 9.54. The number of benzene rings is 1. The highest BCUT2D eigenvalue weighted by Crippen LogP contribution is 2.29. The summed E-state index contributed by atoms with van der Waals surface area (Å²) in [6, 6.07) is 8.69. The molecule has 0 unspecified atom stereocenters. The summed E-state index contributed by atoms with van der Waals surface area (Å²) in [5.74, 6) is 0.653. The van der Waals surface area contributed by atoms with Gasteiger partial charge < -0.3 is 24.7 Å². The van der Waals surface area contributed by atoms with E-state index < -0.39 is 5.60 Å². The maximum atomic E-state index is 12.3. The van der Waals surface area contributed by atoms with Crippen LogP contribution in [0.25, 0.3) is 11.2 Å². The average molecular weight is 462 g/mol. The first-order valence-electron chi connectivity index (χ1n) is 11.6. The number of rotatable bonds is 5. The number of carbonyl (C=O) groups is 1. The van der Waals surface area contributed by atoms with E-state index in [-0.39, 0.29) is 17.9 Å². The maximum absolute atomic E-state index is 12.3. The molecule has 3 heterocycles. The Morgan fingerprint density at radius 2 is 1.82 bits per heavy atom. The van der Waals surface area contributed by atoms with E-state index in [2.05, 4.69) is 39.2 Å². The molecule has 1 amide bonds. The van der Waals surface area contributed by atoms with E-state index in [1.807, 2.05) is 32.3 Å². The lowest BCUT2D eigenvalue weighted by molar-refractivity contribution is 0.0205. The average Bonchev–Trinajstić information content (AvgIpc) is 3.09.